The van der Waals surface area contributed by atoms with Gasteiger partial charge in [-0.15, -0.1) is 0 Å². The van der Waals surface area contributed by atoms with Crippen LogP contribution in [-0.4, -0.2) is 51.3 Å². The molecule has 3 aromatic carbocycles. The predicted octanol–water partition coefficient (Wildman–Crippen LogP) is 1.80. The van der Waals surface area contributed by atoms with E-state index in [2.05, 4.69) is 9.44 Å². The Balaban J connectivity index is 1.95. The van der Waals surface area contributed by atoms with Crippen LogP contribution >= 0.6 is 0 Å². The molecule has 3 N–H and O–H groups in total. The maximum atomic E-state index is 12.8. The molecule has 11 nitrogen and oxygen atoms in total. The third kappa shape index (κ3) is 6.11. The second-order valence-electron chi connectivity index (χ2n) is 7.40. The summed E-state index contributed by atoms with van der Waals surface area (Å²) in [7, 11) is -15.8. The van der Waals surface area contributed by atoms with Crippen LogP contribution in [0.1, 0.15) is 0 Å². The number of aromatic hydroxyl groups is 1. The first-order valence-electron chi connectivity index (χ1n) is 9.48. The topological polar surface area (TPSA) is 181 Å². The van der Waals surface area contributed by atoms with Gasteiger partial charge < -0.3 is 5.11 Å². The van der Waals surface area contributed by atoms with Crippen molar-refractivity contribution < 1.29 is 38.8 Å². The van der Waals surface area contributed by atoms with Crippen LogP contribution in [0.4, 0.5) is 11.4 Å². The average Bonchev–Trinajstić information content (AvgIpc) is 2.75. The van der Waals surface area contributed by atoms with Crippen molar-refractivity contribution >= 4 is 51.1 Å². The zero-order valence-corrected chi connectivity index (χ0v) is 21.5. The molecule has 15 heteroatoms. The van der Waals surface area contributed by atoms with E-state index in [4.69, 9.17) is 0 Å². The molecule has 0 unspecified atom stereocenters. The molecule has 0 saturated heterocycles. The second-order valence-corrected chi connectivity index (χ2v) is 14.8. The number of hydrogen-bond donors (Lipinski definition) is 3. The van der Waals surface area contributed by atoms with Crippen LogP contribution in [0.25, 0.3) is 0 Å². The third-order valence-electron chi connectivity index (χ3n) is 4.65. The zero-order chi connectivity index (χ0) is 26.2. The SMILES string of the molecule is CS(=O)(=O)c1ccc(S(=O)(=O)Nc2cccc(O)c2NS(=O)(=O)c2ccc(S(C)(=O)=O)cc2)cc1. The van der Waals surface area contributed by atoms with Crippen LogP contribution in [0, 0.1) is 0 Å². The van der Waals surface area contributed by atoms with Gasteiger partial charge in [0.2, 0.25) is 0 Å². The van der Waals surface area contributed by atoms with Crippen LogP contribution in [0.15, 0.2) is 86.3 Å². The number of benzene rings is 3. The Kier molecular flexibility index (Phi) is 6.91. The predicted molar refractivity (Wildman–Crippen MR) is 129 cm³/mol. The number of rotatable bonds is 8. The number of para-hydroxylation sites is 1. The molecule has 0 aliphatic heterocycles. The highest BCUT2D eigenvalue weighted by molar-refractivity contribution is 7.93. The van der Waals surface area contributed by atoms with Gasteiger partial charge in [-0.3, -0.25) is 9.44 Å². The van der Waals surface area contributed by atoms with E-state index in [-0.39, 0.29) is 25.3 Å². The van der Waals surface area contributed by atoms with Crippen molar-refractivity contribution in [3.63, 3.8) is 0 Å². The van der Waals surface area contributed by atoms with E-state index in [9.17, 15) is 38.8 Å². The average molecular weight is 561 g/mol. The highest BCUT2D eigenvalue weighted by atomic mass is 32.2. The van der Waals surface area contributed by atoms with Crippen LogP contribution < -0.4 is 9.44 Å². The maximum Gasteiger partial charge on any atom is 0.262 e. The molecule has 0 aliphatic rings. The first-order chi connectivity index (χ1) is 16.0. The van der Waals surface area contributed by atoms with E-state index in [1.165, 1.54) is 12.1 Å². The van der Waals surface area contributed by atoms with Gasteiger partial charge in [-0.05, 0) is 60.7 Å². The molecule has 0 heterocycles. The molecular weight excluding hydrogens is 540 g/mol. The van der Waals surface area contributed by atoms with Gasteiger partial charge in [0.05, 0.1) is 25.3 Å². The monoisotopic (exact) mass is 560 g/mol. The molecule has 0 saturated carbocycles. The van der Waals surface area contributed by atoms with E-state index in [0.29, 0.717) is 0 Å². The minimum atomic E-state index is -4.37. The van der Waals surface area contributed by atoms with Crippen molar-refractivity contribution in [2.75, 3.05) is 22.0 Å². The van der Waals surface area contributed by atoms with Crippen molar-refractivity contribution in [1.29, 1.82) is 0 Å². The normalized spacial score (nSPS) is 12.7. The summed E-state index contributed by atoms with van der Waals surface area (Å²) in [4.78, 5) is -0.838. The van der Waals surface area contributed by atoms with Crippen molar-refractivity contribution in [2.45, 2.75) is 19.6 Å². The standard InChI is InChI=1S/C20H20N2O9S4/c1-32(24,25)14-6-10-16(11-7-14)34(28,29)21-18-4-3-5-19(23)20(18)22-35(30,31)17-12-8-15(9-13-17)33(2,26)27/h3-13,21-23H,1-2H3. The molecule has 3 aromatic rings. The van der Waals surface area contributed by atoms with Crippen LogP contribution in [0.5, 0.6) is 5.75 Å². The van der Waals surface area contributed by atoms with Gasteiger partial charge in [-0.1, -0.05) is 6.07 Å². The lowest BCUT2D eigenvalue weighted by atomic mass is 10.2. The van der Waals surface area contributed by atoms with Crippen molar-refractivity contribution in [1.82, 2.24) is 0 Å². The Labute approximate surface area is 203 Å². The minimum Gasteiger partial charge on any atom is -0.506 e. The van der Waals surface area contributed by atoms with Gasteiger partial charge in [0, 0.05) is 12.5 Å². The van der Waals surface area contributed by atoms with E-state index in [1.807, 2.05) is 0 Å². The summed E-state index contributed by atoms with van der Waals surface area (Å²) in [6, 6.07) is 12.2. The first-order valence-corrected chi connectivity index (χ1v) is 16.2. The first kappa shape index (κ1) is 26.5. The summed E-state index contributed by atoms with van der Waals surface area (Å²) in [6.07, 6.45) is 1.93. The lowest BCUT2D eigenvalue weighted by molar-refractivity contribution is 0.478. The number of sulfonamides is 2. The molecule has 0 radical (unpaired) electrons. The highest BCUT2D eigenvalue weighted by Gasteiger charge is 2.23. The summed E-state index contributed by atoms with van der Waals surface area (Å²) in [5.74, 6) is -0.589. The Morgan fingerprint density at radius 2 is 0.914 bits per heavy atom. The molecule has 0 amide bonds. The highest BCUT2D eigenvalue weighted by Crippen LogP contribution is 2.35. The largest absolute Gasteiger partial charge is 0.506 e. The van der Waals surface area contributed by atoms with E-state index in [0.717, 1.165) is 67.1 Å². The summed E-state index contributed by atoms with van der Waals surface area (Å²) in [5.41, 5.74) is -0.787. The summed E-state index contributed by atoms with van der Waals surface area (Å²) in [6.45, 7) is 0. The molecule has 0 atom stereocenters. The minimum absolute atomic E-state index is 0.0934. The summed E-state index contributed by atoms with van der Waals surface area (Å²) < 4.78 is 102. The number of phenols is 1. The molecule has 188 valence electrons. The fourth-order valence-electron chi connectivity index (χ4n) is 2.86. The number of phenolic OH excluding ortho intramolecular Hbond substituents is 1. The van der Waals surface area contributed by atoms with Crippen molar-refractivity contribution in [3.05, 3.63) is 66.7 Å². The van der Waals surface area contributed by atoms with Crippen molar-refractivity contribution in [2.24, 2.45) is 0 Å². The maximum absolute atomic E-state index is 12.8. The summed E-state index contributed by atoms with van der Waals surface area (Å²) in [5, 5.41) is 10.2. The van der Waals surface area contributed by atoms with E-state index >= 15 is 0 Å². The van der Waals surface area contributed by atoms with E-state index < -0.39 is 51.2 Å². The van der Waals surface area contributed by atoms with Crippen LogP contribution in [0.3, 0.4) is 0 Å². The number of hydrogen-bond acceptors (Lipinski definition) is 9. The molecule has 0 aromatic heterocycles. The summed E-state index contributed by atoms with van der Waals surface area (Å²) >= 11 is 0. The fourth-order valence-corrected chi connectivity index (χ4v) is 6.29. The quantitative estimate of drug-likeness (QED) is 0.346. The molecule has 3 rings (SSSR count). The van der Waals surface area contributed by atoms with Crippen molar-refractivity contribution in [3.8, 4) is 5.75 Å². The number of sulfone groups is 2. The Hall–Kier alpha value is -3.14. The van der Waals surface area contributed by atoms with Crippen LogP contribution in [0.2, 0.25) is 0 Å². The molecule has 0 spiro atoms. The number of anilines is 2. The van der Waals surface area contributed by atoms with Gasteiger partial charge in [0.25, 0.3) is 20.0 Å². The van der Waals surface area contributed by atoms with E-state index in [1.54, 1.807) is 0 Å². The fraction of sp³-hybridized carbons (Fsp3) is 0.100. The lowest BCUT2D eigenvalue weighted by Crippen LogP contribution is -2.18. The molecule has 35 heavy (non-hydrogen) atoms. The van der Waals surface area contributed by atoms with Gasteiger partial charge >= 0.3 is 0 Å². The molecule has 0 fully saturated rings. The molecular formula is C20H20N2O9S4. The Morgan fingerprint density at radius 3 is 1.31 bits per heavy atom. The van der Waals surface area contributed by atoms with Gasteiger partial charge in [0.1, 0.15) is 11.4 Å². The molecule has 0 bridgehead atoms. The van der Waals surface area contributed by atoms with Gasteiger partial charge in [-0.25, -0.2) is 33.7 Å². The number of nitrogens with one attached hydrogen (secondary N) is 2. The Bertz CT molecular complexity index is 1700. The second kappa shape index (κ2) is 9.14. The molecule has 0 aliphatic carbocycles. The lowest BCUT2D eigenvalue weighted by Gasteiger charge is -2.16. The zero-order valence-electron chi connectivity index (χ0n) is 18.2. The van der Waals surface area contributed by atoms with Gasteiger partial charge in [0.15, 0.2) is 19.7 Å². The smallest absolute Gasteiger partial charge is 0.262 e. The van der Waals surface area contributed by atoms with Crippen LogP contribution in [-0.2, 0) is 39.7 Å². The Morgan fingerprint density at radius 1 is 0.543 bits per heavy atom. The third-order valence-corrected chi connectivity index (χ3v) is 9.65. The van der Waals surface area contributed by atoms with Gasteiger partial charge in [-0.2, -0.15) is 0 Å².